The Morgan fingerprint density at radius 3 is 0.938 bits per heavy atom. The number of allylic oxidation sites excluding steroid dienone is 2. The van der Waals surface area contributed by atoms with Gasteiger partial charge in [-0.15, -0.1) is 0 Å². The van der Waals surface area contributed by atoms with Gasteiger partial charge in [0.05, 0.1) is 16.1 Å². The quantitative estimate of drug-likeness (QED) is 0.418. The number of halogens is 2. The smallest absolute Gasteiger partial charge is 0.220 e. The van der Waals surface area contributed by atoms with Crippen LogP contribution in [0.4, 0.5) is 0 Å². The van der Waals surface area contributed by atoms with E-state index in [1.165, 1.54) is 0 Å². The molecule has 0 aliphatic heterocycles. The molecule has 92 valence electrons. The Kier molecular flexibility index (Phi) is 5.57. The van der Waals surface area contributed by atoms with E-state index in [9.17, 15) is 9.59 Å². The molecule has 0 bridgehead atoms. The Labute approximate surface area is 116 Å². The summed E-state index contributed by atoms with van der Waals surface area (Å²) < 4.78 is -0.256. The topological polar surface area (TPSA) is 34.1 Å². The SMILES string of the molecule is C[Si](C)(C)/C(C(=O)Br)=C(\C(=O)Br)[Si](C)(C)C. The summed E-state index contributed by atoms with van der Waals surface area (Å²) in [5, 5.41) is 1.46. The van der Waals surface area contributed by atoms with Crippen LogP contribution in [0.5, 0.6) is 0 Å². The number of carbonyl (C=O) groups excluding carboxylic acids is 2. The molecule has 0 spiro atoms. The lowest BCUT2D eigenvalue weighted by molar-refractivity contribution is -0.109. The van der Waals surface area contributed by atoms with Crippen LogP contribution in [0.3, 0.4) is 0 Å². The molecule has 0 unspecified atom stereocenters. The molecular weight excluding hydrogens is 368 g/mol. The van der Waals surface area contributed by atoms with E-state index in [1.54, 1.807) is 0 Å². The highest BCUT2D eigenvalue weighted by molar-refractivity contribution is 9.18. The van der Waals surface area contributed by atoms with Crippen molar-refractivity contribution in [1.29, 1.82) is 0 Å². The second-order valence-corrected chi connectivity index (χ2v) is 17.2. The molecule has 0 saturated carbocycles. The fourth-order valence-corrected chi connectivity index (χ4v) is 11.0. The van der Waals surface area contributed by atoms with Crippen molar-refractivity contribution in [2.45, 2.75) is 39.3 Å². The number of hydrogen-bond donors (Lipinski definition) is 0. The summed E-state index contributed by atoms with van der Waals surface area (Å²) in [5.74, 6) is 0. The van der Waals surface area contributed by atoms with Gasteiger partial charge in [0.1, 0.15) is 0 Å². The first-order valence-corrected chi connectivity index (χ1v) is 13.6. The lowest BCUT2D eigenvalue weighted by Gasteiger charge is -2.27. The van der Waals surface area contributed by atoms with Gasteiger partial charge in [-0.3, -0.25) is 9.59 Å². The van der Waals surface area contributed by atoms with Gasteiger partial charge in [0.25, 0.3) is 0 Å². The Balaban J connectivity index is 6.09. The number of hydrogen-bond acceptors (Lipinski definition) is 2. The zero-order valence-corrected chi connectivity index (χ0v) is 15.7. The third kappa shape index (κ3) is 4.39. The van der Waals surface area contributed by atoms with Crippen molar-refractivity contribution in [2.24, 2.45) is 0 Å². The second kappa shape index (κ2) is 5.41. The minimum atomic E-state index is -1.82. The van der Waals surface area contributed by atoms with Crippen LogP contribution >= 0.6 is 31.9 Å². The Hall–Kier alpha value is 0.474. The van der Waals surface area contributed by atoms with Gasteiger partial charge >= 0.3 is 0 Å². The van der Waals surface area contributed by atoms with Crippen molar-refractivity contribution in [2.75, 3.05) is 0 Å². The van der Waals surface area contributed by atoms with Crippen molar-refractivity contribution in [1.82, 2.24) is 0 Å². The van der Waals surface area contributed by atoms with E-state index in [-0.39, 0.29) is 9.39 Å². The van der Waals surface area contributed by atoms with Gasteiger partial charge in [0, 0.05) is 0 Å². The van der Waals surface area contributed by atoms with E-state index in [1.807, 2.05) is 0 Å². The van der Waals surface area contributed by atoms with Gasteiger partial charge in [-0.25, -0.2) is 0 Å². The normalized spacial score (nSPS) is 14.5. The van der Waals surface area contributed by atoms with Gasteiger partial charge in [-0.05, 0) is 42.3 Å². The highest BCUT2D eigenvalue weighted by Crippen LogP contribution is 2.29. The Morgan fingerprint density at radius 1 is 0.688 bits per heavy atom. The van der Waals surface area contributed by atoms with Crippen LogP contribution in [0.25, 0.3) is 0 Å². The maximum absolute atomic E-state index is 11.7. The van der Waals surface area contributed by atoms with Crippen molar-refractivity contribution < 1.29 is 9.59 Å². The summed E-state index contributed by atoms with van der Waals surface area (Å²) in [4.78, 5) is 23.5. The van der Waals surface area contributed by atoms with Crippen LogP contribution in [0.15, 0.2) is 10.4 Å². The minimum Gasteiger partial charge on any atom is -0.282 e. The fraction of sp³-hybridized carbons (Fsp3) is 0.600. The molecule has 0 heterocycles. The largest absolute Gasteiger partial charge is 0.282 e. The molecule has 6 heteroatoms. The first-order chi connectivity index (χ1) is 6.89. The standard InChI is InChI=1S/C10H18Br2O2Si2/c1-15(2,3)7(9(11)13)8(10(12)14)16(4,5)6/h1-6H3/b8-7+. The Morgan fingerprint density at radius 2 is 0.875 bits per heavy atom. The third-order valence-electron chi connectivity index (χ3n) is 2.14. The molecule has 0 aliphatic rings. The summed E-state index contributed by atoms with van der Waals surface area (Å²) in [6, 6.07) is 0. The predicted molar refractivity (Wildman–Crippen MR) is 81.6 cm³/mol. The van der Waals surface area contributed by atoms with E-state index < -0.39 is 16.1 Å². The molecule has 16 heavy (non-hydrogen) atoms. The summed E-state index contributed by atoms with van der Waals surface area (Å²) in [5.41, 5.74) is 0. The van der Waals surface area contributed by atoms with Crippen molar-refractivity contribution in [3.63, 3.8) is 0 Å². The molecule has 0 N–H and O–H groups in total. The first kappa shape index (κ1) is 16.5. The van der Waals surface area contributed by atoms with Crippen LogP contribution < -0.4 is 0 Å². The summed E-state index contributed by atoms with van der Waals surface area (Å²) >= 11 is 6.05. The summed E-state index contributed by atoms with van der Waals surface area (Å²) in [6.07, 6.45) is 0. The zero-order valence-electron chi connectivity index (χ0n) is 10.6. The first-order valence-electron chi connectivity index (χ1n) is 5.04. The molecule has 0 saturated heterocycles. The Bertz CT molecular complexity index is 315. The van der Waals surface area contributed by atoms with E-state index in [2.05, 4.69) is 71.1 Å². The van der Waals surface area contributed by atoms with Gasteiger partial charge in [0.15, 0.2) is 0 Å². The molecular formula is C10H18Br2O2Si2. The molecule has 2 nitrogen and oxygen atoms in total. The second-order valence-electron chi connectivity index (χ2n) is 5.80. The van der Waals surface area contributed by atoms with Crippen LogP contribution in [0.2, 0.25) is 39.3 Å². The third-order valence-corrected chi connectivity index (χ3v) is 7.87. The zero-order chi connectivity index (χ0) is 13.3. The van der Waals surface area contributed by atoms with E-state index in [4.69, 9.17) is 0 Å². The number of rotatable bonds is 4. The van der Waals surface area contributed by atoms with Crippen LogP contribution in [-0.4, -0.2) is 25.5 Å². The minimum absolute atomic E-state index is 0.128. The molecule has 0 rings (SSSR count). The van der Waals surface area contributed by atoms with Crippen molar-refractivity contribution >= 4 is 57.4 Å². The lowest BCUT2D eigenvalue weighted by atomic mass is 10.5. The summed E-state index contributed by atoms with van der Waals surface area (Å²) in [7, 11) is -3.64. The monoisotopic (exact) mass is 384 g/mol. The maximum Gasteiger partial charge on any atom is 0.220 e. The highest BCUT2D eigenvalue weighted by atomic mass is 79.9. The maximum atomic E-state index is 11.7. The molecule has 0 aromatic carbocycles. The average molecular weight is 386 g/mol. The molecule has 0 aromatic rings. The molecule has 0 atom stereocenters. The van der Waals surface area contributed by atoms with E-state index in [0.717, 1.165) is 10.4 Å². The summed E-state index contributed by atoms with van der Waals surface area (Å²) in [6.45, 7) is 12.5. The predicted octanol–water partition coefficient (Wildman–Crippen LogP) is 3.88. The highest BCUT2D eigenvalue weighted by Gasteiger charge is 2.36. The molecule has 0 radical (unpaired) electrons. The lowest BCUT2D eigenvalue weighted by Crippen LogP contribution is -2.38. The van der Waals surface area contributed by atoms with Gasteiger partial charge < -0.3 is 0 Å². The molecule has 0 aromatic heterocycles. The molecule has 0 fully saturated rings. The van der Waals surface area contributed by atoms with Crippen LogP contribution in [-0.2, 0) is 9.59 Å². The fourth-order valence-electron chi connectivity index (χ4n) is 1.54. The number of carbonyl (C=O) groups is 2. The van der Waals surface area contributed by atoms with Crippen molar-refractivity contribution in [3.05, 3.63) is 10.4 Å². The van der Waals surface area contributed by atoms with E-state index >= 15 is 0 Å². The average Bonchev–Trinajstić information content (AvgIpc) is 1.92. The molecule has 0 amide bonds. The van der Waals surface area contributed by atoms with Gasteiger partial charge in [-0.2, -0.15) is 0 Å². The van der Waals surface area contributed by atoms with Crippen molar-refractivity contribution in [3.8, 4) is 0 Å². The van der Waals surface area contributed by atoms with Gasteiger partial charge in [-0.1, -0.05) is 39.3 Å². The van der Waals surface area contributed by atoms with Crippen LogP contribution in [0, 0.1) is 0 Å². The van der Waals surface area contributed by atoms with E-state index in [0.29, 0.717) is 0 Å². The van der Waals surface area contributed by atoms with Crippen LogP contribution in [0.1, 0.15) is 0 Å². The van der Waals surface area contributed by atoms with Gasteiger partial charge in [0.2, 0.25) is 9.39 Å². The molecule has 0 aliphatic carbocycles.